The van der Waals surface area contributed by atoms with Gasteiger partial charge in [0.15, 0.2) is 0 Å². The molecule has 3 rings (SSSR count). The van der Waals surface area contributed by atoms with E-state index in [0.29, 0.717) is 4.75 Å². The molecule has 0 radical (unpaired) electrons. The number of thioether (sulfide) groups is 1. The maximum Gasteiger partial charge on any atom is 0.201 e. The Labute approximate surface area is 103 Å². The molecule has 0 spiro atoms. The first-order chi connectivity index (χ1) is 8.21. The van der Waals surface area contributed by atoms with Crippen LogP contribution in [0.15, 0.2) is 18.2 Å². The Kier molecular flexibility index (Phi) is 2.50. The van der Waals surface area contributed by atoms with E-state index in [-0.39, 0.29) is 5.82 Å². The highest BCUT2D eigenvalue weighted by atomic mass is 32.2. The summed E-state index contributed by atoms with van der Waals surface area (Å²) in [5, 5.41) is 3.30. The van der Waals surface area contributed by atoms with Gasteiger partial charge in [-0.25, -0.2) is 9.37 Å². The van der Waals surface area contributed by atoms with Crippen molar-refractivity contribution in [1.29, 1.82) is 0 Å². The highest BCUT2D eigenvalue weighted by Crippen LogP contribution is 2.46. The quantitative estimate of drug-likeness (QED) is 0.877. The molecule has 1 saturated carbocycles. The molecule has 2 N–H and O–H groups in total. The van der Waals surface area contributed by atoms with E-state index in [4.69, 9.17) is 0 Å². The van der Waals surface area contributed by atoms with Gasteiger partial charge in [-0.05, 0) is 37.3 Å². The summed E-state index contributed by atoms with van der Waals surface area (Å²) in [5.74, 6) is 0.487. The minimum Gasteiger partial charge on any atom is -0.354 e. The molecule has 0 bridgehead atoms. The summed E-state index contributed by atoms with van der Waals surface area (Å²) < 4.78 is 13.4. The number of halogens is 1. The Hall–Kier alpha value is -1.23. The molecule has 0 atom stereocenters. The summed E-state index contributed by atoms with van der Waals surface area (Å²) in [7, 11) is 0. The molecular weight excluding hydrogens is 237 g/mol. The van der Waals surface area contributed by atoms with E-state index in [9.17, 15) is 4.39 Å². The van der Waals surface area contributed by atoms with Gasteiger partial charge in [0.25, 0.3) is 0 Å². The number of fused-ring (bicyclic) bond motifs is 1. The molecule has 1 heterocycles. The van der Waals surface area contributed by atoms with Crippen LogP contribution >= 0.6 is 11.8 Å². The second-order valence-corrected chi connectivity index (χ2v) is 5.76. The summed E-state index contributed by atoms with van der Waals surface area (Å²) in [4.78, 5) is 7.47. The minimum atomic E-state index is -0.240. The van der Waals surface area contributed by atoms with Crippen LogP contribution in [0.25, 0.3) is 11.0 Å². The Balaban J connectivity index is 1.77. The molecule has 90 valence electrons. The SMILES string of the molecule is CSC1(CNc2nc3ccc(F)cc3[nH]2)CC1. The van der Waals surface area contributed by atoms with Crippen molar-refractivity contribution < 1.29 is 4.39 Å². The summed E-state index contributed by atoms with van der Waals surface area (Å²) in [6.07, 6.45) is 4.66. The van der Waals surface area contributed by atoms with E-state index < -0.39 is 0 Å². The summed E-state index contributed by atoms with van der Waals surface area (Å²) in [5.41, 5.74) is 1.53. The second kappa shape index (κ2) is 3.91. The number of rotatable bonds is 4. The molecule has 2 aromatic rings. The fourth-order valence-corrected chi connectivity index (χ4v) is 2.63. The molecule has 1 aromatic carbocycles. The van der Waals surface area contributed by atoms with Gasteiger partial charge in [0, 0.05) is 11.3 Å². The molecule has 17 heavy (non-hydrogen) atoms. The minimum absolute atomic E-state index is 0.240. The van der Waals surface area contributed by atoms with Gasteiger partial charge in [-0.15, -0.1) is 0 Å². The average molecular weight is 251 g/mol. The zero-order valence-electron chi connectivity index (χ0n) is 9.59. The predicted molar refractivity (Wildman–Crippen MR) is 70.0 cm³/mol. The lowest BCUT2D eigenvalue weighted by atomic mass is 10.3. The van der Waals surface area contributed by atoms with E-state index in [0.717, 1.165) is 23.5 Å². The fourth-order valence-electron chi connectivity index (χ4n) is 1.90. The van der Waals surface area contributed by atoms with Gasteiger partial charge >= 0.3 is 0 Å². The monoisotopic (exact) mass is 251 g/mol. The van der Waals surface area contributed by atoms with Crippen LogP contribution in [0.4, 0.5) is 10.3 Å². The summed E-state index contributed by atoms with van der Waals surface area (Å²) in [6.45, 7) is 0.913. The number of aromatic nitrogens is 2. The Bertz CT molecular complexity index is 548. The highest BCUT2D eigenvalue weighted by molar-refractivity contribution is 8.00. The lowest BCUT2D eigenvalue weighted by molar-refractivity contribution is 0.629. The molecule has 0 aliphatic heterocycles. The van der Waals surface area contributed by atoms with Crippen molar-refractivity contribution in [2.24, 2.45) is 0 Å². The van der Waals surface area contributed by atoms with Crippen molar-refractivity contribution in [3.8, 4) is 0 Å². The van der Waals surface area contributed by atoms with Crippen molar-refractivity contribution in [2.75, 3.05) is 18.1 Å². The Morgan fingerprint density at radius 3 is 3.06 bits per heavy atom. The molecule has 1 aliphatic rings. The van der Waals surface area contributed by atoms with Crippen LogP contribution in [0.5, 0.6) is 0 Å². The smallest absolute Gasteiger partial charge is 0.201 e. The largest absolute Gasteiger partial charge is 0.354 e. The summed E-state index contributed by atoms with van der Waals surface area (Å²) in [6, 6.07) is 4.58. The van der Waals surface area contributed by atoms with Crippen LogP contribution in [0.3, 0.4) is 0 Å². The van der Waals surface area contributed by atoms with Crippen LogP contribution in [0.1, 0.15) is 12.8 Å². The van der Waals surface area contributed by atoms with Gasteiger partial charge in [-0.1, -0.05) is 0 Å². The highest BCUT2D eigenvalue weighted by Gasteiger charge is 2.41. The van der Waals surface area contributed by atoms with Gasteiger partial charge in [-0.3, -0.25) is 0 Å². The number of nitrogens with zero attached hydrogens (tertiary/aromatic N) is 1. The topological polar surface area (TPSA) is 40.7 Å². The molecule has 1 fully saturated rings. The van der Waals surface area contributed by atoms with Gasteiger partial charge < -0.3 is 10.3 Å². The number of hydrogen-bond donors (Lipinski definition) is 2. The van der Waals surface area contributed by atoms with Crippen molar-refractivity contribution in [1.82, 2.24) is 9.97 Å². The predicted octanol–water partition coefficient (Wildman–Crippen LogP) is 3.01. The van der Waals surface area contributed by atoms with E-state index in [1.54, 1.807) is 6.07 Å². The average Bonchev–Trinajstić information content (AvgIpc) is 3.00. The van der Waals surface area contributed by atoms with E-state index in [2.05, 4.69) is 21.5 Å². The van der Waals surface area contributed by atoms with Gasteiger partial charge in [-0.2, -0.15) is 11.8 Å². The van der Waals surface area contributed by atoms with E-state index in [1.165, 1.54) is 25.0 Å². The van der Waals surface area contributed by atoms with E-state index in [1.807, 2.05) is 11.8 Å². The molecular formula is C12H14FN3S. The van der Waals surface area contributed by atoms with Crippen molar-refractivity contribution in [3.63, 3.8) is 0 Å². The van der Waals surface area contributed by atoms with Crippen LogP contribution < -0.4 is 5.32 Å². The maximum absolute atomic E-state index is 13.0. The normalized spacial score (nSPS) is 17.3. The number of anilines is 1. The number of hydrogen-bond acceptors (Lipinski definition) is 3. The molecule has 1 aliphatic carbocycles. The number of benzene rings is 1. The number of imidazole rings is 1. The Morgan fingerprint density at radius 2 is 2.35 bits per heavy atom. The third kappa shape index (κ3) is 2.11. The van der Waals surface area contributed by atoms with Crippen molar-refractivity contribution in [2.45, 2.75) is 17.6 Å². The molecule has 0 amide bonds. The number of nitrogens with one attached hydrogen (secondary N) is 2. The lowest BCUT2D eigenvalue weighted by Gasteiger charge is -2.11. The van der Waals surface area contributed by atoms with Gasteiger partial charge in [0.1, 0.15) is 5.82 Å². The van der Waals surface area contributed by atoms with Crippen LogP contribution in [0, 0.1) is 5.82 Å². The molecule has 0 unspecified atom stereocenters. The maximum atomic E-state index is 13.0. The van der Waals surface area contributed by atoms with E-state index >= 15 is 0 Å². The van der Waals surface area contributed by atoms with Crippen LogP contribution in [-0.2, 0) is 0 Å². The molecule has 3 nitrogen and oxygen atoms in total. The number of aromatic amines is 1. The lowest BCUT2D eigenvalue weighted by Crippen LogP contribution is -2.17. The number of H-pyrrole nitrogens is 1. The first kappa shape index (κ1) is 10.9. The van der Waals surface area contributed by atoms with Crippen molar-refractivity contribution >= 4 is 28.7 Å². The first-order valence-electron chi connectivity index (χ1n) is 5.65. The third-order valence-corrected chi connectivity index (χ3v) is 4.68. The third-order valence-electron chi connectivity index (χ3n) is 3.26. The van der Waals surface area contributed by atoms with Crippen LogP contribution in [0.2, 0.25) is 0 Å². The Morgan fingerprint density at radius 1 is 1.53 bits per heavy atom. The van der Waals surface area contributed by atoms with Crippen LogP contribution in [-0.4, -0.2) is 27.5 Å². The summed E-state index contributed by atoms with van der Waals surface area (Å²) >= 11 is 1.90. The molecule has 0 saturated heterocycles. The van der Waals surface area contributed by atoms with Gasteiger partial charge in [0.05, 0.1) is 11.0 Å². The second-order valence-electron chi connectivity index (χ2n) is 4.49. The molecule has 5 heteroatoms. The first-order valence-corrected chi connectivity index (χ1v) is 6.88. The van der Waals surface area contributed by atoms with Crippen molar-refractivity contribution in [3.05, 3.63) is 24.0 Å². The standard InChI is InChI=1S/C12H14FN3S/c1-17-12(4-5-12)7-14-11-15-9-3-2-8(13)6-10(9)16-11/h2-3,6H,4-5,7H2,1H3,(H2,14,15,16). The fraction of sp³-hybridized carbons (Fsp3) is 0.417. The zero-order valence-corrected chi connectivity index (χ0v) is 10.4. The zero-order chi connectivity index (χ0) is 11.9. The van der Waals surface area contributed by atoms with Gasteiger partial charge in [0.2, 0.25) is 5.95 Å². The molecule has 1 aromatic heterocycles.